The molecule has 5 heteroatoms. The highest BCUT2D eigenvalue weighted by molar-refractivity contribution is 5.72. The van der Waals surface area contributed by atoms with Crippen LogP contribution >= 0.6 is 0 Å². The van der Waals surface area contributed by atoms with Crippen LogP contribution in [0.3, 0.4) is 0 Å². The lowest BCUT2D eigenvalue weighted by Gasteiger charge is -2.05. The van der Waals surface area contributed by atoms with Gasteiger partial charge in [0.15, 0.2) is 0 Å². The molecule has 0 spiro atoms. The highest BCUT2D eigenvalue weighted by Gasteiger charge is 2.18. The summed E-state index contributed by atoms with van der Waals surface area (Å²) in [6.45, 7) is 2.56. The quantitative estimate of drug-likeness (QED) is 0.759. The Balaban J connectivity index is 2.68. The molecule has 0 amide bonds. The summed E-state index contributed by atoms with van der Waals surface area (Å²) >= 11 is 0. The average Bonchev–Trinajstić information content (AvgIpc) is 2.51. The van der Waals surface area contributed by atoms with Crippen LogP contribution in [0.1, 0.15) is 12.7 Å². The Morgan fingerprint density at radius 3 is 3.08 bits per heavy atom. The first-order chi connectivity index (χ1) is 6.15. The van der Waals surface area contributed by atoms with Gasteiger partial charge in [-0.2, -0.15) is 0 Å². The number of nitrogens with zero attached hydrogens (tertiary/aromatic N) is 2. The van der Waals surface area contributed by atoms with Gasteiger partial charge in [-0.3, -0.25) is 0 Å². The monoisotopic (exact) mass is 186 g/mol. The smallest absolute Gasteiger partial charge is 0.338 e. The maximum atomic E-state index is 12.8. The van der Waals surface area contributed by atoms with Crippen LogP contribution in [0.4, 0.5) is 4.39 Å². The Morgan fingerprint density at radius 2 is 2.54 bits per heavy atom. The molecule has 0 bridgehead atoms. The van der Waals surface area contributed by atoms with E-state index in [2.05, 4.69) is 4.98 Å². The molecule has 1 N–H and O–H groups in total. The number of halogens is 1. The largest absolute Gasteiger partial charge is 0.479 e. The fourth-order valence-electron chi connectivity index (χ4n) is 1.07. The van der Waals surface area contributed by atoms with Crippen LogP contribution in [-0.2, 0) is 17.8 Å². The molecule has 1 atom stereocenters. The van der Waals surface area contributed by atoms with Crippen LogP contribution in [0.2, 0.25) is 0 Å². The lowest BCUT2D eigenvalue weighted by atomic mass is 10.2. The van der Waals surface area contributed by atoms with Crippen molar-refractivity contribution in [1.82, 2.24) is 9.55 Å². The molecular formula is C8H11FN2O2. The van der Waals surface area contributed by atoms with Gasteiger partial charge in [0.05, 0.1) is 0 Å². The molecule has 1 unspecified atom stereocenters. The number of aliphatic carboxylic acids is 1. The molecule has 1 aromatic rings. The number of aromatic nitrogens is 2. The van der Waals surface area contributed by atoms with E-state index in [-0.39, 0.29) is 6.42 Å². The second-order valence-electron chi connectivity index (χ2n) is 2.64. The first kappa shape index (κ1) is 9.70. The van der Waals surface area contributed by atoms with E-state index in [1.807, 2.05) is 6.92 Å². The summed E-state index contributed by atoms with van der Waals surface area (Å²) in [5.41, 5.74) is 0. The van der Waals surface area contributed by atoms with Gasteiger partial charge in [-0.1, -0.05) is 0 Å². The van der Waals surface area contributed by atoms with E-state index in [0.717, 1.165) is 0 Å². The fraction of sp³-hybridized carbons (Fsp3) is 0.500. The SMILES string of the molecule is CCn1ccnc1CC(F)C(=O)O. The van der Waals surface area contributed by atoms with Crippen molar-refractivity contribution in [3.8, 4) is 0 Å². The first-order valence-corrected chi connectivity index (χ1v) is 4.02. The van der Waals surface area contributed by atoms with Gasteiger partial charge in [0.25, 0.3) is 0 Å². The number of carboxylic acid groups (broad SMARTS) is 1. The third-order valence-corrected chi connectivity index (χ3v) is 1.77. The van der Waals surface area contributed by atoms with E-state index in [0.29, 0.717) is 12.4 Å². The molecule has 0 aromatic carbocycles. The number of hydrogen-bond donors (Lipinski definition) is 1. The van der Waals surface area contributed by atoms with Crippen LogP contribution in [0.15, 0.2) is 12.4 Å². The summed E-state index contributed by atoms with van der Waals surface area (Å²) in [6, 6.07) is 0. The summed E-state index contributed by atoms with van der Waals surface area (Å²) in [5.74, 6) is -0.969. The van der Waals surface area contributed by atoms with Gasteiger partial charge in [-0.15, -0.1) is 0 Å². The molecule has 0 radical (unpaired) electrons. The van der Waals surface area contributed by atoms with Gasteiger partial charge in [0.2, 0.25) is 6.17 Å². The maximum absolute atomic E-state index is 12.8. The van der Waals surface area contributed by atoms with Crippen molar-refractivity contribution in [3.05, 3.63) is 18.2 Å². The maximum Gasteiger partial charge on any atom is 0.338 e. The molecular weight excluding hydrogens is 175 g/mol. The molecule has 0 aliphatic rings. The standard InChI is InChI=1S/C8H11FN2O2/c1-2-11-4-3-10-7(11)5-6(9)8(12)13/h3-4,6H,2,5H2,1H3,(H,12,13). The topological polar surface area (TPSA) is 55.1 Å². The number of imidazole rings is 1. The zero-order valence-corrected chi connectivity index (χ0v) is 7.27. The van der Waals surface area contributed by atoms with Gasteiger partial charge < -0.3 is 9.67 Å². The third-order valence-electron chi connectivity index (χ3n) is 1.77. The minimum atomic E-state index is -1.87. The van der Waals surface area contributed by atoms with E-state index in [1.165, 1.54) is 6.20 Å². The van der Waals surface area contributed by atoms with E-state index in [9.17, 15) is 9.18 Å². The molecule has 72 valence electrons. The van der Waals surface area contributed by atoms with E-state index < -0.39 is 12.1 Å². The predicted octanol–water partition coefficient (Wildman–Crippen LogP) is 0.868. The Kier molecular flexibility index (Phi) is 3.00. The highest BCUT2D eigenvalue weighted by atomic mass is 19.1. The van der Waals surface area contributed by atoms with Crippen LogP contribution in [0, 0.1) is 0 Å². The Bertz CT molecular complexity index is 298. The zero-order chi connectivity index (χ0) is 9.84. The number of hydrogen-bond acceptors (Lipinski definition) is 2. The fourth-order valence-corrected chi connectivity index (χ4v) is 1.07. The van der Waals surface area contributed by atoms with Gasteiger partial charge >= 0.3 is 5.97 Å². The minimum absolute atomic E-state index is 0.170. The normalized spacial score (nSPS) is 12.8. The third kappa shape index (κ3) is 2.27. The molecule has 0 saturated carbocycles. The lowest BCUT2D eigenvalue weighted by Crippen LogP contribution is -2.19. The molecule has 4 nitrogen and oxygen atoms in total. The minimum Gasteiger partial charge on any atom is -0.479 e. The summed E-state index contributed by atoms with van der Waals surface area (Å²) < 4.78 is 14.5. The Morgan fingerprint density at radius 1 is 1.85 bits per heavy atom. The highest BCUT2D eigenvalue weighted by Crippen LogP contribution is 2.04. The second-order valence-corrected chi connectivity index (χ2v) is 2.64. The molecule has 1 heterocycles. The van der Waals surface area contributed by atoms with Gasteiger partial charge in [0, 0.05) is 25.4 Å². The van der Waals surface area contributed by atoms with Crippen molar-refractivity contribution in [1.29, 1.82) is 0 Å². The second kappa shape index (κ2) is 4.02. The Hall–Kier alpha value is -1.39. The Labute approximate surface area is 75.0 Å². The van der Waals surface area contributed by atoms with Gasteiger partial charge in [-0.05, 0) is 6.92 Å². The molecule has 0 aliphatic carbocycles. The van der Waals surface area contributed by atoms with Crippen molar-refractivity contribution < 1.29 is 14.3 Å². The van der Waals surface area contributed by atoms with Crippen molar-refractivity contribution >= 4 is 5.97 Å². The predicted molar refractivity (Wildman–Crippen MR) is 44.1 cm³/mol. The van der Waals surface area contributed by atoms with Gasteiger partial charge in [-0.25, -0.2) is 14.2 Å². The summed E-state index contributed by atoms with van der Waals surface area (Å²) in [6.07, 6.45) is 1.20. The van der Waals surface area contributed by atoms with Crippen LogP contribution in [0.25, 0.3) is 0 Å². The average molecular weight is 186 g/mol. The number of carboxylic acids is 1. The first-order valence-electron chi connectivity index (χ1n) is 4.02. The molecule has 1 aromatic heterocycles. The number of alkyl halides is 1. The molecule has 0 fully saturated rings. The number of carbonyl (C=O) groups is 1. The van der Waals surface area contributed by atoms with Crippen LogP contribution in [0.5, 0.6) is 0 Å². The zero-order valence-electron chi connectivity index (χ0n) is 7.27. The molecule has 1 rings (SSSR count). The van der Waals surface area contributed by atoms with Crippen molar-refractivity contribution in [2.45, 2.75) is 26.1 Å². The van der Waals surface area contributed by atoms with Crippen molar-refractivity contribution in [3.63, 3.8) is 0 Å². The summed E-state index contributed by atoms with van der Waals surface area (Å²) in [7, 11) is 0. The molecule has 0 aliphatic heterocycles. The van der Waals surface area contributed by atoms with Gasteiger partial charge in [0.1, 0.15) is 5.82 Å². The van der Waals surface area contributed by atoms with Crippen LogP contribution < -0.4 is 0 Å². The molecule has 0 saturated heterocycles. The lowest BCUT2D eigenvalue weighted by molar-refractivity contribution is -0.142. The van der Waals surface area contributed by atoms with E-state index in [1.54, 1.807) is 10.8 Å². The number of rotatable bonds is 4. The number of aryl methyl sites for hydroxylation is 1. The van der Waals surface area contributed by atoms with Crippen molar-refractivity contribution in [2.75, 3.05) is 0 Å². The van der Waals surface area contributed by atoms with Crippen LogP contribution in [-0.4, -0.2) is 26.8 Å². The van der Waals surface area contributed by atoms with Crippen molar-refractivity contribution in [2.24, 2.45) is 0 Å². The van der Waals surface area contributed by atoms with E-state index >= 15 is 0 Å². The molecule has 13 heavy (non-hydrogen) atoms. The van der Waals surface area contributed by atoms with E-state index in [4.69, 9.17) is 5.11 Å². The summed E-state index contributed by atoms with van der Waals surface area (Å²) in [5, 5.41) is 8.33. The summed E-state index contributed by atoms with van der Waals surface area (Å²) in [4.78, 5) is 14.1.